The van der Waals surface area contributed by atoms with Crippen LogP contribution in [0.2, 0.25) is 0 Å². The van der Waals surface area contributed by atoms with E-state index in [9.17, 15) is 0 Å². The Morgan fingerprint density at radius 1 is 0.256 bits per heavy atom. The van der Waals surface area contributed by atoms with Gasteiger partial charge in [0, 0.05) is 170 Å². The van der Waals surface area contributed by atoms with Gasteiger partial charge in [-0.05, 0) is 141 Å². The van der Waals surface area contributed by atoms with Crippen molar-refractivity contribution in [3.8, 4) is 45.6 Å². The standard InChI is InChI=1S/2C18H24N2.2C14H18N4.2C2H6N2.2Re/c2*1-17(2,3)13-7-9-19-15(11-13)16-12-14(8-10-20-16)18(4,5)6;2*1-17(2)11-5-7-15-13(9-11)14-10-12(18(3)4)6-8-16-14;2*3-1-2-4;;/h2*7-12H,1-6H3;2*5-10H,1-4H3;2*3-4H,1-2H2;;/q;;;;2*-2;;. The summed E-state index contributed by atoms with van der Waals surface area (Å²) in [6.45, 7) is 27.5. The van der Waals surface area contributed by atoms with Crippen LogP contribution in [0.4, 0.5) is 22.7 Å². The Morgan fingerprint density at radius 2 is 0.395 bits per heavy atom. The average Bonchev–Trinajstić information content (AvgIpc) is 2.72. The van der Waals surface area contributed by atoms with E-state index in [0.29, 0.717) is 0 Å². The van der Waals surface area contributed by atoms with Gasteiger partial charge in [0.05, 0.1) is 45.6 Å². The van der Waals surface area contributed by atoms with Crippen LogP contribution in [-0.2, 0) is 62.5 Å². The smallest absolute Gasteiger partial charge is 0.0907 e. The molecule has 0 unspecified atom stereocenters. The zero-order valence-corrected chi connectivity index (χ0v) is 60.2. The number of nitrogens with zero attached hydrogens (tertiary/aromatic N) is 12. The van der Waals surface area contributed by atoms with Crippen LogP contribution >= 0.6 is 0 Å². The molecule has 0 aromatic carbocycles. The normalized spacial score (nSPS) is 10.8. The van der Waals surface area contributed by atoms with Gasteiger partial charge in [0.2, 0.25) is 0 Å². The molecule has 466 valence electrons. The van der Waals surface area contributed by atoms with Crippen molar-refractivity contribution in [2.24, 2.45) is 0 Å². The zero-order valence-electron chi connectivity index (χ0n) is 54.8. The summed E-state index contributed by atoms with van der Waals surface area (Å²) >= 11 is 0. The van der Waals surface area contributed by atoms with Crippen molar-refractivity contribution in [3.05, 3.63) is 192 Å². The van der Waals surface area contributed by atoms with Crippen molar-refractivity contribution in [2.45, 2.75) is 105 Å². The van der Waals surface area contributed by atoms with Crippen LogP contribution < -0.4 is 19.6 Å². The second-order valence-electron chi connectivity index (χ2n) is 24.9. The van der Waals surface area contributed by atoms with Crippen molar-refractivity contribution >= 4 is 22.7 Å². The van der Waals surface area contributed by atoms with E-state index in [1.165, 1.54) is 22.3 Å². The van der Waals surface area contributed by atoms with E-state index < -0.39 is 0 Å². The van der Waals surface area contributed by atoms with E-state index in [2.05, 4.69) is 191 Å². The summed E-state index contributed by atoms with van der Waals surface area (Å²) in [5.41, 5.74) is 42.5. The Morgan fingerprint density at radius 3 is 0.523 bits per heavy atom. The minimum atomic E-state index is 0. The summed E-state index contributed by atoms with van der Waals surface area (Å²) in [5, 5.41) is 0. The second kappa shape index (κ2) is 36.6. The fourth-order valence-electron chi connectivity index (χ4n) is 7.50. The first-order chi connectivity index (χ1) is 39.3. The molecule has 8 aromatic heterocycles. The SMILES string of the molecule is CC(C)(C)c1ccnc(-c2cc(C(C)(C)C)ccn2)c1.CC(C)(C)c1ccnc(-c2cc(C(C)(C)C)ccn2)c1.CN(C)c1ccnc(-c2cc(N(C)C)ccn2)c1.CN(C)c1ccnc(-c2cc(N(C)C)ccn2)c1.[NH-]CC[NH-].[NH-]CC[NH-].[Re].[Re]. The molecule has 0 amide bonds. The fourth-order valence-corrected chi connectivity index (χ4v) is 7.50. The maximum atomic E-state index is 6.26. The molecule has 0 spiro atoms. The van der Waals surface area contributed by atoms with Crippen molar-refractivity contribution in [1.29, 1.82) is 0 Å². The van der Waals surface area contributed by atoms with Crippen molar-refractivity contribution in [3.63, 3.8) is 0 Å². The number of hydrogen-bond acceptors (Lipinski definition) is 12. The number of aromatic nitrogens is 8. The minimum Gasteiger partial charge on any atom is -0.679 e. The molecule has 0 saturated carbocycles. The molecule has 2 radical (unpaired) electrons. The molecule has 86 heavy (non-hydrogen) atoms. The first-order valence-corrected chi connectivity index (χ1v) is 28.3. The van der Waals surface area contributed by atoms with Crippen molar-refractivity contribution in [1.82, 2.24) is 39.9 Å². The molecule has 0 aliphatic rings. The summed E-state index contributed by atoms with van der Waals surface area (Å²) in [6, 6.07) is 33.0. The van der Waals surface area contributed by atoms with Crippen LogP contribution in [0.3, 0.4) is 0 Å². The molecule has 0 saturated heterocycles. The number of rotatable bonds is 10. The van der Waals surface area contributed by atoms with Gasteiger partial charge in [-0.2, -0.15) is 26.2 Å². The molecule has 18 heteroatoms. The molecular weight excluding hydrogens is 1410 g/mol. The molecule has 8 rings (SSSR count). The Balaban J connectivity index is 0.000000545. The van der Waals surface area contributed by atoms with Gasteiger partial charge < -0.3 is 42.5 Å². The summed E-state index contributed by atoms with van der Waals surface area (Å²) in [6.07, 6.45) is 14.8. The largest absolute Gasteiger partial charge is 0.679 e. The van der Waals surface area contributed by atoms with E-state index >= 15 is 0 Å². The van der Waals surface area contributed by atoms with Crippen molar-refractivity contribution < 1.29 is 40.8 Å². The molecule has 8 aromatic rings. The van der Waals surface area contributed by atoms with Gasteiger partial charge >= 0.3 is 0 Å². The van der Waals surface area contributed by atoms with Gasteiger partial charge in [0.25, 0.3) is 0 Å². The maximum absolute atomic E-state index is 6.26. The number of pyridine rings is 8. The minimum absolute atomic E-state index is 0. The molecule has 4 N–H and O–H groups in total. The molecule has 0 aliphatic carbocycles. The predicted octanol–water partition coefficient (Wildman–Crippen LogP) is 16.2. The van der Waals surface area contributed by atoms with Crippen LogP contribution in [0.5, 0.6) is 0 Å². The summed E-state index contributed by atoms with van der Waals surface area (Å²) in [4.78, 5) is 43.7. The Bertz CT molecular complexity index is 2780. The van der Waals surface area contributed by atoms with Crippen LogP contribution in [0.15, 0.2) is 147 Å². The Labute approximate surface area is 544 Å². The van der Waals surface area contributed by atoms with Gasteiger partial charge in [-0.25, -0.2) is 0 Å². The number of nitrogens with one attached hydrogen (secondary N) is 4. The van der Waals surface area contributed by atoms with Crippen LogP contribution in [0.1, 0.15) is 105 Å². The topological polar surface area (TPSA) is 211 Å². The Hall–Kier alpha value is -6.44. The number of anilines is 4. The molecule has 0 atom stereocenters. The summed E-state index contributed by atoms with van der Waals surface area (Å²) < 4.78 is 0. The van der Waals surface area contributed by atoms with Crippen LogP contribution in [-0.4, -0.2) is 122 Å². The Kier molecular flexibility index (Phi) is 33.1. The fraction of sp³-hybridized carbons (Fsp3) is 0.412. The molecule has 16 nitrogen and oxygen atoms in total. The third kappa shape index (κ3) is 26.3. The quantitative estimate of drug-likeness (QED) is 0.125. The van der Waals surface area contributed by atoms with E-state index in [0.717, 1.165) is 68.3 Å². The first kappa shape index (κ1) is 77.6. The van der Waals surface area contributed by atoms with E-state index in [-0.39, 0.29) is 88.7 Å². The summed E-state index contributed by atoms with van der Waals surface area (Å²) in [5.74, 6) is 0. The van der Waals surface area contributed by atoms with Gasteiger partial charge in [-0.1, -0.05) is 83.1 Å². The van der Waals surface area contributed by atoms with Crippen molar-refractivity contribution in [2.75, 3.05) is 102 Å². The monoisotopic (exact) mass is 1510 g/mol. The second-order valence-corrected chi connectivity index (χ2v) is 24.9. The van der Waals surface area contributed by atoms with Gasteiger partial charge in [-0.15, -0.1) is 0 Å². The molecule has 0 bridgehead atoms. The van der Waals surface area contributed by atoms with E-state index in [1.54, 1.807) is 0 Å². The summed E-state index contributed by atoms with van der Waals surface area (Å²) in [7, 11) is 16.1. The third-order valence-corrected chi connectivity index (χ3v) is 12.8. The average molecular weight is 1510 g/mol. The van der Waals surface area contributed by atoms with E-state index in [1.807, 2.05) is 154 Å². The predicted molar refractivity (Wildman–Crippen MR) is 359 cm³/mol. The molecule has 0 fully saturated rings. The van der Waals surface area contributed by atoms with Crippen LogP contribution in [0.25, 0.3) is 68.5 Å². The molecule has 8 heterocycles. The number of hydrogen-bond donors (Lipinski definition) is 0. The molecular formula is C68H96N16Re2-4. The first-order valence-electron chi connectivity index (χ1n) is 28.3. The van der Waals surface area contributed by atoms with Gasteiger partial charge in [0.15, 0.2) is 0 Å². The maximum Gasteiger partial charge on any atom is 0.0907 e. The third-order valence-electron chi connectivity index (χ3n) is 12.8. The van der Waals surface area contributed by atoms with Crippen LogP contribution in [0, 0.1) is 0 Å². The van der Waals surface area contributed by atoms with E-state index in [4.69, 9.17) is 22.9 Å². The zero-order chi connectivity index (χ0) is 63.0. The van der Waals surface area contributed by atoms with Gasteiger partial charge in [-0.3, -0.25) is 39.9 Å². The molecule has 0 aliphatic heterocycles. The van der Waals surface area contributed by atoms with Gasteiger partial charge in [0.1, 0.15) is 0 Å².